The molecule has 1 rings (SSSR count). The number of nitrogens with zero attached hydrogens (tertiary/aromatic N) is 1. The van der Waals surface area contributed by atoms with Gasteiger partial charge >= 0.3 is 0 Å². The number of rotatable bonds is 0. The van der Waals surface area contributed by atoms with Gasteiger partial charge in [-0.15, -0.1) is 0 Å². The molecule has 2 heteroatoms. The van der Waals surface area contributed by atoms with Crippen molar-refractivity contribution in [3.05, 3.63) is 12.3 Å². The molecule has 0 amide bonds. The molecule has 0 bridgehead atoms. The molecule has 1 nitrogen and oxygen atoms in total. The Morgan fingerprint density at radius 2 is 2.29 bits per heavy atom. The van der Waals surface area contributed by atoms with Crippen LogP contribution in [-0.2, 0) is 0 Å². The van der Waals surface area contributed by atoms with Gasteiger partial charge in [0.2, 0.25) is 0 Å². The van der Waals surface area contributed by atoms with E-state index in [0.717, 1.165) is 0 Å². The highest BCUT2D eigenvalue weighted by Crippen LogP contribution is 1.97. The molecular weight excluding hydrogens is 101 g/mol. The van der Waals surface area contributed by atoms with Crippen molar-refractivity contribution in [1.29, 1.82) is 0 Å². The fourth-order valence-electron chi connectivity index (χ4n) is 0.607. The summed E-state index contributed by atoms with van der Waals surface area (Å²) in [7, 11) is 2.09. The topological polar surface area (TPSA) is 3.24 Å². The van der Waals surface area contributed by atoms with E-state index in [1.54, 1.807) is 0 Å². The van der Waals surface area contributed by atoms with Crippen LogP contribution in [0.15, 0.2) is 12.3 Å². The van der Waals surface area contributed by atoms with Gasteiger partial charge in [-0.1, -0.05) is 6.08 Å². The smallest absolute Gasteiger partial charge is 0.187 e. The molecule has 0 spiro atoms. The van der Waals surface area contributed by atoms with Gasteiger partial charge in [-0.05, 0) is 12.6 Å². The van der Waals surface area contributed by atoms with Crippen molar-refractivity contribution in [3.63, 3.8) is 0 Å². The van der Waals surface area contributed by atoms with E-state index >= 15 is 0 Å². The Morgan fingerprint density at radius 1 is 1.57 bits per heavy atom. The molecule has 0 aromatic rings. The van der Waals surface area contributed by atoms with Crippen LogP contribution in [-0.4, -0.2) is 35.9 Å². The summed E-state index contributed by atoms with van der Waals surface area (Å²) in [5, 5.41) is 0. The maximum Gasteiger partial charge on any atom is 0.187 e. The molecule has 1 aliphatic heterocycles. The van der Waals surface area contributed by atoms with Crippen LogP contribution in [0.4, 0.5) is 0 Å². The third-order valence-electron chi connectivity index (χ3n) is 1.01. The predicted molar refractivity (Wildman–Crippen MR) is 36.3 cm³/mol. The first kappa shape index (κ1) is 7.07. The molecule has 0 saturated carbocycles. The van der Waals surface area contributed by atoms with Gasteiger partial charge in [-0.2, -0.15) is 0 Å². The van der Waals surface area contributed by atoms with Crippen molar-refractivity contribution < 1.29 is 0 Å². The summed E-state index contributed by atoms with van der Waals surface area (Å²) in [4.78, 5) is 2.18. The van der Waals surface area contributed by atoms with Gasteiger partial charge in [0.1, 0.15) is 0 Å². The van der Waals surface area contributed by atoms with Gasteiger partial charge in [0.15, 0.2) is 17.4 Å². The first-order valence-corrected chi connectivity index (χ1v) is 2.26. The molecule has 0 aliphatic carbocycles. The summed E-state index contributed by atoms with van der Waals surface area (Å²) < 4.78 is 0. The van der Waals surface area contributed by atoms with Gasteiger partial charge in [0, 0.05) is 13.6 Å². The van der Waals surface area contributed by atoms with Crippen LogP contribution in [0, 0.1) is 0 Å². The largest absolute Gasteiger partial charge is 0.380 e. The Morgan fingerprint density at radius 3 is 2.43 bits per heavy atom. The highest BCUT2D eigenvalue weighted by molar-refractivity contribution is 5.75. The van der Waals surface area contributed by atoms with E-state index in [9.17, 15) is 0 Å². The Kier molecular flexibility index (Phi) is 3.16. The summed E-state index contributed by atoms with van der Waals surface area (Å²) in [6.07, 6.45) is 5.52. The van der Waals surface area contributed by atoms with Crippen LogP contribution >= 0.6 is 0 Å². The van der Waals surface area contributed by atoms with E-state index in [4.69, 9.17) is 0 Å². The van der Waals surface area contributed by atoms with Gasteiger partial charge in [-0.25, -0.2) is 0 Å². The maximum atomic E-state index is 2.18. The Hall–Kier alpha value is 0.0725. The van der Waals surface area contributed by atoms with E-state index < -0.39 is 0 Å². The molecule has 0 N–H and O–H groups in total. The Balaban J connectivity index is 0.000000360. The second-order valence-corrected chi connectivity index (χ2v) is 1.65. The summed E-state index contributed by atoms with van der Waals surface area (Å²) in [5.41, 5.74) is 0. The number of hydrogen-bond donors (Lipinski definition) is 0. The molecule has 0 fully saturated rings. The van der Waals surface area contributed by atoms with Crippen LogP contribution < -0.4 is 0 Å². The second-order valence-electron chi connectivity index (χ2n) is 1.65. The van der Waals surface area contributed by atoms with Gasteiger partial charge in [-0.3, -0.25) is 0 Å². The quantitative estimate of drug-likeness (QED) is 0.388. The minimum atomic E-state index is 0. The van der Waals surface area contributed by atoms with Gasteiger partial charge in [0.05, 0.1) is 0 Å². The summed E-state index contributed by atoms with van der Waals surface area (Å²) >= 11 is 0. The lowest BCUT2D eigenvalue weighted by Crippen LogP contribution is -2.04. The van der Waals surface area contributed by atoms with Crippen LogP contribution in [0.2, 0.25) is 0 Å². The monoisotopic (exact) mass is 113 g/mol. The molecule has 0 aromatic heterocycles. The van der Waals surface area contributed by atoms with Crippen molar-refractivity contribution >= 4 is 17.4 Å². The van der Waals surface area contributed by atoms with E-state index in [0.29, 0.717) is 0 Å². The van der Waals surface area contributed by atoms with Crippen molar-refractivity contribution in [1.82, 2.24) is 4.90 Å². The lowest BCUT2D eigenvalue weighted by Gasteiger charge is -2.02. The van der Waals surface area contributed by atoms with E-state index in [1.807, 2.05) is 0 Å². The summed E-state index contributed by atoms with van der Waals surface area (Å²) in [6.45, 7) is 1.21. The fraction of sp³-hybridized carbons (Fsp3) is 0.600. The third-order valence-corrected chi connectivity index (χ3v) is 1.01. The molecule has 1 heterocycles. The van der Waals surface area contributed by atoms with Crippen LogP contribution in [0.5, 0.6) is 0 Å². The van der Waals surface area contributed by atoms with Crippen molar-refractivity contribution in [2.24, 2.45) is 0 Å². The van der Waals surface area contributed by atoms with E-state index in [2.05, 4.69) is 24.2 Å². The van der Waals surface area contributed by atoms with Crippen molar-refractivity contribution in [2.75, 3.05) is 13.6 Å². The predicted octanol–water partition coefficient (Wildman–Crippen LogP) is -0.348. The van der Waals surface area contributed by atoms with Gasteiger partial charge < -0.3 is 4.90 Å². The maximum absolute atomic E-state index is 2.18. The molecule has 40 valence electrons. The lowest BCUT2D eigenvalue weighted by molar-refractivity contribution is 0.496. The molecule has 0 aromatic carbocycles. The zero-order chi connectivity index (χ0) is 4.41. The highest BCUT2D eigenvalue weighted by atomic mass is 27.0. The van der Waals surface area contributed by atoms with Crippen molar-refractivity contribution in [3.8, 4) is 0 Å². The molecule has 0 unspecified atom stereocenters. The third kappa shape index (κ3) is 2.01. The first-order valence-electron chi connectivity index (χ1n) is 2.26. The molecule has 1 aliphatic rings. The average Bonchev–Trinajstić information content (AvgIpc) is 1.86. The second kappa shape index (κ2) is 3.12. The van der Waals surface area contributed by atoms with E-state index in [1.165, 1.54) is 13.0 Å². The molecule has 0 radical (unpaired) electrons. The van der Waals surface area contributed by atoms with Crippen LogP contribution in [0.1, 0.15) is 6.42 Å². The summed E-state index contributed by atoms with van der Waals surface area (Å²) in [6, 6.07) is 0. The lowest BCUT2D eigenvalue weighted by atomic mass is 10.5. The molecule has 0 atom stereocenters. The minimum absolute atomic E-state index is 0. The average molecular weight is 113 g/mol. The highest BCUT2D eigenvalue weighted by Gasteiger charge is 1.92. The summed E-state index contributed by atoms with van der Waals surface area (Å²) in [5.74, 6) is 0. The minimum Gasteiger partial charge on any atom is -0.380 e. The zero-order valence-electron chi connectivity index (χ0n) is 4.02. The first-order chi connectivity index (χ1) is 2.89. The van der Waals surface area contributed by atoms with Crippen molar-refractivity contribution in [2.45, 2.75) is 6.42 Å². The zero-order valence-corrected chi connectivity index (χ0v) is 4.02. The Bertz CT molecular complexity index is 70.5. The van der Waals surface area contributed by atoms with Crippen LogP contribution in [0.25, 0.3) is 0 Å². The molecular formula is C5H12AlN. The molecule has 0 saturated heterocycles. The Labute approximate surface area is 55.1 Å². The number of hydrogen-bond acceptors (Lipinski definition) is 1. The van der Waals surface area contributed by atoms with Gasteiger partial charge in [0.25, 0.3) is 0 Å². The fourth-order valence-corrected chi connectivity index (χ4v) is 0.607. The normalized spacial score (nSPS) is 17.0. The molecule has 7 heavy (non-hydrogen) atoms. The van der Waals surface area contributed by atoms with E-state index in [-0.39, 0.29) is 17.4 Å². The van der Waals surface area contributed by atoms with Crippen LogP contribution in [0.3, 0.4) is 0 Å². The standard InChI is InChI=1S/C5H9N.Al.3H/c1-6-4-2-3-5-6;;;;/h2,4H,3,5H2,1H3;;;;. The SMILES string of the molecule is CN1C=CCC1.[AlH3].